The minimum Gasteiger partial charge on any atom is -0.479 e. The third kappa shape index (κ3) is 28.9. The summed E-state index contributed by atoms with van der Waals surface area (Å²) in [4.78, 5) is 23.6. The van der Waals surface area contributed by atoms with Crippen LogP contribution in [0.1, 0.15) is 162 Å². The Bertz CT molecular complexity index is 689. The molecule has 230 valence electrons. The Morgan fingerprint density at radius 3 is 1.40 bits per heavy atom. The Hall–Kier alpha value is -2.10. The molecule has 0 spiro atoms. The summed E-state index contributed by atoms with van der Waals surface area (Å²) in [5.41, 5.74) is 0. The normalized spacial score (nSPS) is 12.8. The second-order valence-electron chi connectivity index (χ2n) is 11.0. The molecule has 0 amide bonds. The summed E-state index contributed by atoms with van der Waals surface area (Å²) in [5.74, 6) is -1.40. The van der Waals surface area contributed by atoms with Crippen molar-refractivity contribution in [1.82, 2.24) is 0 Å². The van der Waals surface area contributed by atoms with Gasteiger partial charge in [0.05, 0.1) is 0 Å². The summed E-state index contributed by atoms with van der Waals surface area (Å²) >= 11 is 0. The van der Waals surface area contributed by atoms with Gasteiger partial charge in [0.2, 0.25) is 0 Å². The van der Waals surface area contributed by atoms with Crippen molar-refractivity contribution < 1.29 is 19.4 Å². The van der Waals surface area contributed by atoms with E-state index in [-0.39, 0.29) is 5.97 Å². The van der Waals surface area contributed by atoms with E-state index in [1.165, 1.54) is 57.8 Å². The number of hydrogen-bond acceptors (Lipinski definition) is 3. The van der Waals surface area contributed by atoms with Crippen LogP contribution in [0.25, 0.3) is 0 Å². The molecule has 0 aliphatic heterocycles. The molecule has 1 N–H and O–H groups in total. The molecule has 0 aromatic rings. The zero-order valence-corrected chi connectivity index (χ0v) is 26.1. The topological polar surface area (TPSA) is 63.6 Å². The molecule has 0 rings (SSSR count). The molecule has 4 nitrogen and oxygen atoms in total. The summed E-state index contributed by atoms with van der Waals surface area (Å²) in [6.07, 6.45) is 41.3. The highest BCUT2D eigenvalue weighted by atomic mass is 16.6. The molecule has 40 heavy (non-hydrogen) atoms. The van der Waals surface area contributed by atoms with E-state index in [0.717, 1.165) is 77.0 Å². The molecule has 0 saturated carbocycles. The van der Waals surface area contributed by atoms with Crippen molar-refractivity contribution in [2.24, 2.45) is 0 Å². The molecular weight excluding hydrogens is 496 g/mol. The maximum absolute atomic E-state index is 12.1. The molecule has 0 heterocycles. The summed E-state index contributed by atoms with van der Waals surface area (Å²) in [6.45, 7) is 4.46. The molecule has 0 aliphatic rings. The molecule has 0 aromatic heterocycles. The van der Waals surface area contributed by atoms with Gasteiger partial charge in [-0.1, -0.05) is 120 Å². The first-order valence-corrected chi connectivity index (χ1v) is 16.6. The van der Waals surface area contributed by atoms with Crippen LogP contribution in [0.5, 0.6) is 0 Å². The number of ether oxygens (including phenoxy) is 1. The molecule has 1 atom stereocenters. The monoisotopic (exact) mass is 558 g/mol. The van der Waals surface area contributed by atoms with Crippen molar-refractivity contribution in [3.63, 3.8) is 0 Å². The van der Waals surface area contributed by atoms with Crippen LogP contribution in [-0.2, 0) is 14.3 Å². The maximum Gasteiger partial charge on any atom is 0.345 e. The molecule has 0 fully saturated rings. The van der Waals surface area contributed by atoms with Gasteiger partial charge in [0.25, 0.3) is 0 Å². The van der Waals surface area contributed by atoms with Gasteiger partial charge in [0, 0.05) is 6.42 Å². The predicted octanol–water partition coefficient (Wildman–Crippen LogP) is 11.2. The number of hydrogen-bond donors (Lipinski definition) is 1. The Kier molecular flexibility index (Phi) is 29.8. The lowest BCUT2D eigenvalue weighted by Gasteiger charge is -2.13. The molecule has 0 bridgehead atoms. The molecule has 0 aromatic carbocycles. The third-order valence-corrected chi connectivity index (χ3v) is 7.05. The summed E-state index contributed by atoms with van der Waals surface area (Å²) in [5, 5.41) is 9.43. The second kappa shape index (κ2) is 31.4. The fourth-order valence-electron chi connectivity index (χ4n) is 4.50. The smallest absolute Gasteiger partial charge is 0.345 e. The van der Waals surface area contributed by atoms with Crippen molar-refractivity contribution in [3.05, 3.63) is 48.6 Å². The second-order valence-corrected chi connectivity index (χ2v) is 11.0. The fraction of sp³-hybridized carbons (Fsp3) is 0.722. The van der Waals surface area contributed by atoms with E-state index in [4.69, 9.17) is 4.74 Å². The number of allylic oxidation sites excluding steroid dienone is 8. The van der Waals surface area contributed by atoms with E-state index in [1.807, 2.05) is 0 Å². The lowest BCUT2D eigenvalue weighted by atomic mass is 10.1. The first-order chi connectivity index (χ1) is 19.6. The highest BCUT2D eigenvalue weighted by molar-refractivity contribution is 5.77. The predicted molar refractivity (Wildman–Crippen MR) is 172 cm³/mol. The van der Waals surface area contributed by atoms with Crippen LogP contribution in [-0.4, -0.2) is 23.1 Å². The lowest BCUT2D eigenvalue weighted by molar-refractivity contribution is -0.164. The van der Waals surface area contributed by atoms with Crippen molar-refractivity contribution >= 4 is 11.9 Å². The van der Waals surface area contributed by atoms with Crippen LogP contribution < -0.4 is 0 Å². The summed E-state index contributed by atoms with van der Waals surface area (Å²) in [6, 6.07) is 0. The minimum atomic E-state index is -1.03. The van der Waals surface area contributed by atoms with Gasteiger partial charge in [-0.3, -0.25) is 4.79 Å². The van der Waals surface area contributed by atoms with Crippen LogP contribution in [0.15, 0.2) is 48.6 Å². The number of carboxylic acids is 1. The van der Waals surface area contributed by atoms with Crippen molar-refractivity contribution in [2.75, 3.05) is 0 Å². The van der Waals surface area contributed by atoms with Gasteiger partial charge in [0.1, 0.15) is 0 Å². The van der Waals surface area contributed by atoms with Crippen LogP contribution in [0.3, 0.4) is 0 Å². The standard InChI is InChI=1S/C36H62O4/c1-3-5-7-9-11-13-15-17-19-21-23-25-27-29-31-33-35(37)40-34(36(38)39)32-30-28-26-24-22-20-18-16-14-12-10-8-6-4-2/h11-14,17-20,34H,3-10,15-16,21-33H2,1-2H3,(H,38,39)/b13-11+,14-12-,19-17+,20-18-. The van der Waals surface area contributed by atoms with Crippen LogP contribution in [0, 0.1) is 0 Å². The third-order valence-electron chi connectivity index (χ3n) is 7.05. The quantitative estimate of drug-likeness (QED) is 0.0563. The molecular formula is C36H62O4. The molecule has 4 heteroatoms. The minimum absolute atomic E-state index is 0.314. The van der Waals surface area contributed by atoms with Crippen LogP contribution in [0.2, 0.25) is 0 Å². The first-order valence-electron chi connectivity index (χ1n) is 16.6. The van der Waals surface area contributed by atoms with E-state index in [2.05, 4.69) is 62.5 Å². The van der Waals surface area contributed by atoms with Crippen molar-refractivity contribution in [3.8, 4) is 0 Å². The van der Waals surface area contributed by atoms with Gasteiger partial charge in [-0.15, -0.1) is 0 Å². The summed E-state index contributed by atoms with van der Waals surface area (Å²) in [7, 11) is 0. The Morgan fingerprint density at radius 1 is 0.550 bits per heavy atom. The highest BCUT2D eigenvalue weighted by Crippen LogP contribution is 2.13. The largest absolute Gasteiger partial charge is 0.479 e. The molecule has 0 aliphatic carbocycles. The van der Waals surface area contributed by atoms with Crippen molar-refractivity contribution in [1.29, 1.82) is 0 Å². The van der Waals surface area contributed by atoms with Crippen LogP contribution in [0.4, 0.5) is 0 Å². The van der Waals surface area contributed by atoms with E-state index < -0.39 is 12.1 Å². The van der Waals surface area contributed by atoms with E-state index >= 15 is 0 Å². The number of rotatable bonds is 29. The van der Waals surface area contributed by atoms with E-state index in [1.54, 1.807) is 0 Å². The number of carbonyl (C=O) groups excluding carboxylic acids is 1. The number of carbonyl (C=O) groups is 2. The average Bonchev–Trinajstić information content (AvgIpc) is 2.94. The molecule has 1 unspecified atom stereocenters. The van der Waals surface area contributed by atoms with E-state index in [0.29, 0.717) is 12.8 Å². The summed E-state index contributed by atoms with van der Waals surface area (Å²) < 4.78 is 5.27. The van der Waals surface area contributed by atoms with Gasteiger partial charge in [0.15, 0.2) is 6.10 Å². The Labute approximate surface area is 247 Å². The zero-order valence-electron chi connectivity index (χ0n) is 26.1. The molecule has 0 radical (unpaired) electrons. The van der Waals surface area contributed by atoms with E-state index in [9.17, 15) is 14.7 Å². The molecule has 0 saturated heterocycles. The number of aliphatic carboxylic acids is 1. The number of esters is 1. The van der Waals surface area contributed by atoms with Gasteiger partial charge < -0.3 is 9.84 Å². The number of unbranched alkanes of at least 4 members (excludes halogenated alkanes) is 15. The number of carboxylic acid groups (broad SMARTS) is 1. The van der Waals surface area contributed by atoms with Gasteiger partial charge in [-0.25, -0.2) is 4.79 Å². The van der Waals surface area contributed by atoms with Gasteiger partial charge in [-0.05, 0) is 83.5 Å². The van der Waals surface area contributed by atoms with Crippen molar-refractivity contribution in [2.45, 2.75) is 168 Å². The Morgan fingerprint density at radius 2 is 0.950 bits per heavy atom. The Balaban J connectivity index is 3.70. The lowest BCUT2D eigenvalue weighted by Crippen LogP contribution is -2.27. The maximum atomic E-state index is 12.1. The van der Waals surface area contributed by atoms with Crippen LogP contribution >= 0.6 is 0 Å². The highest BCUT2D eigenvalue weighted by Gasteiger charge is 2.21. The first kappa shape index (κ1) is 37.9. The van der Waals surface area contributed by atoms with Gasteiger partial charge >= 0.3 is 11.9 Å². The average molecular weight is 559 g/mol. The zero-order chi connectivity index (χ0) is 29.4. The SMILES string of the molecule is CCCCC/C=C\C/C=C\CCCCCCC(OC(=O)CCCCCCC/C=C/C/C=C/CCCCC)C(=O)O. The fourth-order valence-corrected chi connectivity index (χ4v) is 4.50. The van der Waals surface area contributed by atoms with Gasteiger partial charge in [-0.2, -0.15) is 0 Å².